The first-order chi connectivity index (χ1) is 14.2. The highest BCUT2D eigenvalue weighted by molar-refractivity contribution is 5.92. The fourth-order valence-corrected chi connectivity index (χ4v) is 4.42. The Labute approximate surface area is 185 Å². The van der Waals surface area contributed by atoms with Gasteiger partial charge in [0.15, 0.2) is 12.8 Å². The predicted molar refractivity (Wildman–Crippen MR) is 126 cm³/mol. The first-order valence-corrected chi connectivity index (χ1v) is 10.1. The van der Waals surface area contributed by atoms with Crippen molar-refractivity contribution in [3.63, 3.8) is 0 Å². The number of aryl methyl sites for hydroxylation is 1. The van der Waals surface area contributed by atoms with Crippen molar-refractivity contribution in [1.29, 1.82) is 0 Å². The molecule has 6 nitrogen and oxygen atoms in total. The highest BCUT2D eigenvalue weighted by Gasteiger charge is 2.42. The number of carbonyl (C=O) groups is 1. The summed E-state index contributed by atoms with van der Waals surface area (Å²) in [6, 6.07) is 6.16. The van der Waals surface area contributed by atoms with Gasteiger partial charge in [-0.25, -0.2) is 9.56 Å². The molecular weight excluding hydrogens is 386 g/mol. The van der Waals surface area contributed by atoms with E-state index in [2.05, 4.69) is 38.7 Å². The van der Waals surface area contributed by atoms with Crippen molar-refractivity contribution < 1.29 is 9.37 Å². The van der Waals surface area contributed by atoms with E-state index in [9.17, 15) is 4.79 Å². The maximum absolute atomic E-state index is 12.7. The Hall–Kier alpha value is -3.28. The fourth-order valence-electron chi connectivity index (χ4n) is 4.42. The molecule has 1 saturated heterocycles. The number of nitrogens with zero attached hydrogens (tertiary/aromatic N) is 4. The van der Waals surface area contributed by atoms with Gasteiger partial charge in [0.05, 0.1) is 5.92 Å². The van der Waals surface area contributed by atoms with Crippen molar-refractivity contribution in [2.75, 3.05) is 25.0 Å². The second-order valence-corrected chi connectivity index (χ2v) is 8.01. The van der Waals surface area contributed by atoms with E-state index in [0.717, 1.165) is 49.6 Å². The zero-order valence-corrected chi connectivity index (χ0v) is 16.3. The summed E-state index contributed by atoms with van der Waals surface area (Å²) in [7, 11) is 0. The number of carbonyl (C=O) groups excluding carboxylic acids is 1. The van der Waals surface area contributed by atoms with Crippen LogP contribution < -0.4 is 5.32 Å². The molecule has 1 amide bonds. The van der Waals surface area contributed by atoms with Gasteiger partial charge in [-0.05, 0) is 36.1 Å². The summed E-state index contributed by atoms with van der Waals surface area (Å²) >= 11 is 0. The minimum Gasteiger partial charge on any atom is -0.344 e. The number of likely N-dealkylation sites (tertiary alicyclic amines) is 1. The highest BCUT2D eigenvalue weighted by atomic mass is 16.2. The summed E-state index contributed by atoms with van der Waals surface area (Å²) in [4.78, 5) is 23.2. The quantitative estimate of drug-likeness (QED) is 0.601. The summed E-state index contributed by atoms with van der Waals surface area (Å²) in [5.41, 5.74) is 4.31. The van der Waals surface area contributed by atoms with Crippen LogP contribution in [0.15, 0.2) is 55.1 Å². The number of pyridine rings is 2. The lowest BCUT2D eigenvalue weighted by Crippen LogP contribution is -2.29. The molecule has 1 fully saturated rings. The average molecular weight is 419 g/mol. The summed E-state index contributed by atoms with van der Waals surface area (Å²) in [5, 5.41) is 3.22. The summed E-state index contributed by atoms with van der Waals surface area (Å²) in [6.07, 6.45) is 13.1. The Morgan fingerprint density at radius 2 is 2.03 bits per heavy atom. The van der Waals surface area contributed by atoms with Crippen molar-refractivity contribution in [3.8, 4) is 0 Å². The molecule has 6 heteroatoms. The van der Waals surface area contributed by atoms with Crippen LogP contribution in [0.5, 0.6) is 0 Å². The molecule has 0 radical (unpaired) electrons. The minimum atomic E-state index is 0. The van der Waals surface area contributed by atoms with E-state index in [4.69, 9.17) is 0 Å². The van der Waals surface area contributed by atoms with Crippen molar-refractivity contribution >= 4 is 29.7 Å². The normalized spacial score (nSPS) is 21.5. The van der Waals surface area contributed by atoms with Crippen molar-refractivity contribution in [1.82, 2.24) is 14.9 Å². The van der Waals surface area contributed by atoms with Gasteiger partial charge in [0.25, 0.3) is 0 Å². The molecule has 31 heavy (non-hydrogen) atoms. The van der Waals surface area contributed by atoms with Crippen LogP contribution >= 0.6 is 0 Å². The molecule has 0 unspecified atom stereocenters. The Kier molecular flexibility index (Phi) is 6.68. The third kappa shape index (κ3) is 4.58. The van der Waals surface area contributed by atoms with E-state index in [1.807, 2.05) is 35.5 Å². The number of hydrogen-bond donors (Lipinski definition) is 1. The monoisotopic (exact) mass is 418 g/mol. The molecule has 1 N–H and O–H groups in total. The van der Waals surface area contributed by atoms with Gasteiger partial charge in [-0.15, -0.1) is 0 Å². The van der Waals surface area contributed by atoms with Crippen molar-refractivity contribution in [2.45, 2.75) is 27.7 Å². The Morgan fingerprint density at radius 1 is 1.23 bits per heavy atom. The SMILES string of the molecule is C.C.C=C1CCc2cc(/C=C/C(=O)N3C[C@H]4C[N+](c5ccncc5)=C[C@H]4C3)cnc2N1. The largest absolute Gasteiger partial charge is 0.344 e. The average Bonchev–Trinajstić information content (AvgIpc) is 3.32. The Morgan fingerprint density at radius 3 is 2.81 bits per heavy atom. The number of amides is 1. The van der Waals surface area contributed by atoms with Gasteiger partial charge in [-0.3, -0.25) is 9.78 Å². The number of rotatable bonds is 3. The van der Waals surface area contributed by atoms with E-state index in [1.165, 1.54) is 11.3 Å². The lowest BCUT2D eigenvalue weighted by Gasteiger charge is -2.19. The third-order valence-corrected chi connectivity index (χ3v) is 6.00. The van der Waals surface area contributed by atoms with E-state index < -0.39 is 0 Å². The second-order valence-electron chi connectivity index (χ2n) is 8.01. The molecule has 2 aromatic heterocycles. The molecule has 2 atom stereocenters. The number of nitrogens with one attached hydrogen (secondary N) is 1. The lowest BCUT2D eigenvalue weighted by molar-refractivity contribution is -0.433. The zero-order valence-electron chi connectivity index (χ0n) is 16.3. The minimum absolute atomic E-state index is 0. The van der Waals surface area contributed by atoms with Crippen LogP contribution in [-0.2, 0) is 11.2 Å². The molecule has 3 aliphatic heterocycles. The number of fused-ring (bicyclic) bond motifs is 2. The maximum Gasteiger partial charge on any atom is 0.246 e. The van der Waals surface area contributed by atoms with Gasteiger partial charge >= 0.3 is 0 Å². The van der Waals surface area contributed by atoms with E-state index in [1.54, 1.807) is 12.3 Å². The summed E-state index contributed by atoms with van der Waals surface area (Å²) in [5.74, 6) is 1.87. The van der Waals surface area contributed by atoms with Gasteiger partial charge in [0, 0.05) is 61.5 Å². The van der Waals surface area contributed by atoms with Gasteiger partial charge < -0.3 is 10.2 Å². The van der Waals surface area contributed by atoms with Crippen LogP contribution in [0.3, 0.4) is 0 Å². The Balaban J connectivity index is 0.00000136. The van der Waals surface area contributed by atoms with Gasteiger partial charge in [-0.2, -0.15) is 0 Å². The zero-order chi connectivity index (χ0) is 19.8. The number of anilines is 1. The van der Waals surface area contributed by atoms with Crippen molar-refractivity contribution in [2.24, 2.45) is 11.8 Å². The van der Waals surface area contributed by atoms with Crippen LogP contribution in [0.2, 0.25) is 0 Å². The maximum atomic E-state index is 12.7. The molecule has 0 spiro atoms. The van der Waals surface area contributed by atoms with E-state index in [-0.39, 0.29) is 20.8 Å². The van der Waals surface area contributed by atoms with Crippen LogP contribution in [-0.4, -0.2) is 51.2 Å². The van der Waals surface area contributed by atoms with Crippen molar-refractivity contribution in [3.05, 3.63) is 66.3 Å². The smallest absolute Gasteiger partial charge is 0.246 e. The van der Waals surface area contributed by atoms with Crippen LogP contribution in [0.25, 0.3) is 6.08 Å². The molecule has 2 aromatic rings. The predicted octanol–water partition coefficient (Wildman–Crippen LogP) is 4.14. The standard InChI is InChI=1S/C23H23N5O.2CH4/c1-16-2-4-18-10-17(11-25-23(18)26-16)3-5-22(29)28-14-19-12-27(13-20(19)15-28)21-6-8-24-9-7-21;;/h3,5-12,19-20H,1-2,4,13-15H2;2*1H4/p+1/t19-,20+;;/m0../s1. The van der Waals surface area contributed by atoms with E-state index >= 15 is 0 Å². The summed E-state index contributed by atoms with van der Waals surface area (Å²) < 4.78 is 2.29. The molecule has 5 heterocycles. The van der Waals surface area contributed by atoms with Gasteiger partial charge in [0.2, 0.25) is 11.6 Å². The first-order valence-electron chi connectivity index (χ1n) is 10.1. The van der Waals surface area contributed by atoms with Gasteiger partial charge in [-0.1, -0.05) is 21.4 Å². The third-order valence-electron chi connectivity index (χ3n) is 6.00. The van der Waals surface area contributed by atoms with E-state index in [0.29, 0.717) is 11.8 Å². The molecular formula is C25H32N5O+. The molecule has 5 rings (SSSR count). The topological polar surface area (TPSA) is 61.1 Å². The summed E-state index contributed by atoms with van der Waals surface area (Å²) in [6.45, 7) is 6.50. The number of allylic oxidation sites excluding steroid dienone is 1. The van der Waals surface area contributed by atoms with Crippen LogP contribution in [0.4, 0.5) is 11.5 Å². The Bertz CT molecular complexity index is 1030. The van der Waals surface area contributed by atoms with Gasteiger partial charge in [0.1, 0.15) is 5.82 Å². The molecule has 3 aliphatic rings. The van der Waals surface area contributed by atoms with Crippen LogP contribution in [0, 0.1) is 11.8 Å². The number of hydrogen-bond acceptors (Lipinski definition) is 4. The van der Waals surface area contributed by atoms with Crippen LogP contribution in [0.1, 0.15) is 32.4 Å². The first kappa shape index (κ1) is 22.4. The fraction of sp³-hybridized carbons (Fsp3) is 0.360. The molecule has 0 aliphatic carbocycles. The second kappa shape index (κ2) is 9.25. The highest BCUT2D eigenvalue weighted by Crippen LogP contribution is 2.30. The molecule has 0 saturated carbocycles. The number of aromatic nitrogens is 2. The molecule has 162 valence electrons. The lowest BCUT2D eigenvalue weighted by atomic mass is 10.0. The molecule has 0 bridgehead atoms. The molecule has 0 aromatic carbocycles.